The monoisotopic (exact) mass is 191 g/mol. The van der Waals surface area contributed by atoms with Crippen molar-refractivity contribution in [2.45, 2.75) is 6.54 Å². The van der Waals surface area contributed by atoms with Gasteiger partial charge >= 0.3 is 0 Å². The van der Waals surface area contributed by atoms with Crippen molar-refractivity contribution in [2.75, 3.05) is 19.6 Å². The van der Waals surface area contributed by atoms with Crippen molar-refractivity contribution in [3.63, 3.8) is 0 Å². The van der Waals surface area contributed by atoms with E-state index in [1.54, 1.807) is 0 Å². The Morgan fingerprint density at radius 2 is 1.86 bits per heavy atom. The van der Waals surface area contributed by atoms with Crippen LogP contribution in [0.5, 0.6) is 0 Å². The van der Waals surface area contributed by atoms with Gasteiger partial charge in [-0.15, -0.1) is 0 Å². The van der Waals surface area contributed by atoms with Crippen LogP contribution < -0.4 is 16.2 Å². The van der Waals surface area contributed by atoms with Crippen LogP contribution in [-0.4, -0.2) is 19.6 Å². The molecule has 0 aromatic heterocycles. The van der Waals surface area contributed by atoms with Gasteiger partial charge in [0, 0.05) is 26.2 Å². The molecule has 0 unspecified atom stereocenters. The second-order valence-corrected chi connectivity index (χ2v) is 3.74. The number of nitrogens with one attached hydrogen (secondary N) is 3. The summed E-state index contributed by atoms with van der Waals surface area (Å²) in [5, 5.41) is 3.46. The van der Waals surface area contributed by atoms with Crippen molar-refractivity contribution < 1.29 is 0 Å². The molecule has 0 spiro atoms. The summed E-state index contributed by atoms with van der Waals surface area (Å²) in [5.41, 5.74) is 7.62. The maximum absolute atomic E-state index is 3.46. The second kappa shape index (κ2) is 5.10. The molecule has 0 saturated carbocycles. The number of hydrogen-bond acceptors (Lipinski definition) is 3. The zero-order valence-corrected chi connectivity index (χ0v) is 8.29. The molecule has 3 heteroatoms. The Labute approximate surface area is 84.9 Å². The summed E-state index contributed by atoms with van der Waals surface area (Å²) >= 11 is 0. The summed E-state index contributed by atoms with van der Waals surface area (Å²) in [6.07, 6.45) is 0. The Hall–Kier alpha value is -0.900. The average molecular weight is 191 g/mol. The zero-order chi connectivity index (χ0) is 9.64. The lowest BCUT2D eigenvalue weighted by molar-refractivity contribution is 0.531. The van der Waals surface area contributed by atoms with Crippen LogP contribution in [0.25, 0.3) is 0 Å². The van der Waals surface area contributed by atoms with E-state index in [0.717, 1.165) is 32.1 Å². The maximum atomic E-state index is 3.46. The molecule has 76 valence electrons. The smallest absolute Gasteiger partial charge is 0.0205 e. The van der Waals surface area contributed by atoms with Gasteiger partial charge in [-0.1, -0.05) is 30.3 Å². The van der Waals surface area contributed by atoms with Crippen LogP contribution in [0.1, 0.15) is 5.56 Å². The molecule has 14 heavy (non-hydrogen) atoms. The third-order valence-corrected chi connectivity index (χ3v) is 2.51. The normalized spacial score (nSPS) is 17.4. The fourth-order valence-corrected chi connectivity index (χ4v) is 1.67. The van der Waals surface area contributed by atoms with E-state index in [9.17, 15) is 0 Å². The second-order valence-electron chi connectivity index (χ2n) is 3.74. The van der Waals surface area contributed by atoms with Gasteiger partial charge in [-0.25, -0.2) is 0 Å². The van der Waals surface area contributed by atoms with Crippen LogP contribution in [0.2, 0.25) is 0 Å². The highest BCUT2D eigenvalue weighted by Gasteiger charge is 2.12. The molecule has 1 fully saturated rings. The van der Waals surface area contributed by atoms with E-state index in [-0.39, 0.29) is 0 Å². The van der Waals surface area contributed by atoms with E-state index < -0.39 is 0 Å². The lowest BCUT2D eigenvalue weighted by atomic mass is 10.1. The minimum Gasteiger partial charge on any atom is -0.312 e. The first kappa shape index (κ1) is 9.65. The predicted octanol–water partition coefficient (Wildman–Crippen LogP) is 0.500. The summed E-state index contributed by atoms with van der Waals surface area (Å²) in [6.45, 7) is 4.19. The summed E-state index contributed by atoms with van der Waals surface area (Å²) < 4.78 is 0. The van der Waals surface area contributed by atoms with Crippen LogP contribution in [-0.2, 0) is 6.54 Å². The summed E-state index contributed by atoms with van der Waals surface area (Å²) in [5.74, 6) is 0.721. The molecule has 0 amide bonds. The Morgan fingerprint density at radius 1 is 1.14 bits per heavy atom. The topological polar surface area (TPSA) is 36.1 Å². The van der Waals surface area contributed by atoms with Gasteiger partial charge in [0.25, 0.3) is 0 Å². The maximum Gasteiger partial charge on any atom is 0.0205 e. The Morgan fingerprint density at radius 3 is 2.57 bits per heavy atom. The van der Waals surface area contributed by atoms with Gasteiger partial charge in [0.05, 0.1) is 0 Å². The molecular formula is C11H17N3. The number of benzene rings is 1. The lowest BCUT2D eigenvalue weighted by Crippen LogP contribution is -2.25. The largest absolute Gasteiger partial charge is 0.312 e. The highest BCUT2D eigenvalue weighted by atomic mass is 15.4. The van der Waals surface area contributed by atoms with Crippen LogP contribution in [0, 0.1) is 5.92 Å². The third kappa shape index (κ3) is 2.80. The van der Waals surface area contributed by atoms with E-state index in [1.807, 2.05) is 6.07 Å². The van der Waals surface area contributed by atoms with Gasteiger partial charge in [-0.3, -0.25) is 10.9 Å². The van der Waals surface area contributed by atoms with Crippen molar-refractivity contribution in [3.05, 3.63) is 35.9 Å². The first-order chi connectivity index (χ1) is 6.95. The van der Waals surface area contributed by atoms with Gasteiger partial charge in [0.15, 0.2) is 0 Å². The SMILES string of the molecule is c1ccc(CNCC2CNNC2)cc1. The van der Waals surface area contributed by atoms with Crippen molar-refractivity contribution >= 4 is 0 Å². The highest BCUT2D eigenvalue weighted by Crippen LogP contribution is 1.99. The van der Waals surface area contributed by atoms with Gasteiger partial charge in [0.1, 0.15) is 0 Å². The standard InChI is InChI=1S/C11H17N3/c1-2-4-10(5-3-1)6-12-7-11-8-13-14-9-11/h1-5,11-14H,6-9H2. The summed E-state index contributed by atoms with van der Waals surface area (Å²) in [7, 11) is 0. The molecule has 3 nitrogen and oxygen atoms in total. The van der Waals surface area contributed by atoms with Gasteiger partial charge in [0.2, 0.25) is 0 Å². The van der Waals surface area contributed by atoms with Crippen LogP contribution in [0.4, 0.5) is 0 Å². The van der Waals surface area contributed by atoms with Crippen LogP contribution in [0.3, 0.4) is 0 Å². The first-order valence-electron chi connectivity index (χ1n) is 5.15. The van der Waals surface area contributed by atoms with Crippen molar-refractivity contribution in [3.8, 4) is 0 Å². The molecule has 1 heterocycles. The molecule has 0 bridgehead atoms. The molecular weight excluding hydrogens is 174 g/mol. The molecule has 1 aliphatic rings. The molecule has 0 radical (unpaired) electrons. The van der Waals surface area contributed by atoms with E-state index in [2.05, 4.69) is 40.4 Å². The molecule has 3 N–H and O–H groups in total. The predicted molar refractivity (Wildman–Crippen MR) is 57.6 cm³/mol. The van der Waals surface area contributed by atoms with E-state index in [1.165, 1.54) is 5.56 Å². The minimum atomic E-state index is 0.721. The van der Waals surface area contributed by atoms with Crippen molar-refractivity contribution in [1.29, 1.82) is 0 Å². The minimum absolute atomic E-state index is 0.721. The molecule has 2 rings (SSSR count). The molecule has 1 aromatic rings. The van der Waals surface area contributed by atoms with Gasteiger partial charge in [-0.2, -0.15) is 0 Å². The summed E-state index contributed by atoms with van der Waals surface area (Å²) in [6, 6.07) is 10.5. The number of rotatable bonds is 4. The summed E-state index contributed by atoms with van der Waals surface area (Å²) in [4.78, 5) is 0. The Kier molecular flexibility index (Phi) is 3.51. The molecule has 0 aliphatic carbocycles. The fourth-order valence-electron chi connectivity index (χ4n) is 1.67. The van der Waals surface area contributed by atoms with Crippen molar-refractivity contribution in [1.82, 2.24) is 16.2 Å². The third-order valence-electron chi connectivity index (χ3n) is 2.51. The Balaban J connectivity index is 1.67. The molecule has 0 atom stereocenters. The number of hydrogen-bond donors (Lipinski definition) is 3. The van der Waals surface area contributed by atoms with E-state index in [4.69, 9.17) is 0 Å². The molecule has 1 saturated heterocycles. The number of hydrazine groups is 1. The lowest BCUT2D eigenvalue weighted by Gasteiger charge is -2.08. The first-order valence-corrected chi connectivity index (χ1v) is 5.15. The zero-order valence-electron chi connectivity index (χ0n) is 8.29. The van der Waals surface area contributed by atoms with Gasteiger partial charge < -0.3 is 5.32 Å². The van der Waals surface area contributed by atoms with E-state index in [0.29, 0.717) is 0 Å². The highest BCUT2D eigenvalue weighted by molar-refractivity contribution is 5.14. The molecule has 1 aliphatic heterocycles. The molecule has 1 aromatic carbocycles. The average Bonchev–Trinajstić information content (AvgIpc) is 2.72. The van der Waals surface area contributed by atoms with Crippen LogP contribution in [0.15, 0.2) is 30.3 Å². The van der Waals surface area contributed by atoms with Crippen LogP contribution >= 0.6 is 0 Å². The van der Waals surface area contributed by atoms with E-state index >= 15 is 0 Å². The van der Waals surface area contributed by atoms with Gasteiger partial charge in [-0.05, 0) is 11.5 Å². The Bertz CT molecular complexity index is 254. The van der Waals surface area contributed by atoms with Crippen molar-refractivity contribution in [2.24, 2.45) is 5.92 Å². The quantitative estimate of drug-likeness (QED) is 0.648. The fraction of sp³-hybridized carbons (Fsp3) is 0.455.